The van der Waals surface area contributed by atoms with Gasteiger partial charge in [0.15, 0.2) is 23.5 Å². The number of nitrogens with two attached hydrogens (primary N) is 1. The van der Waals surface area contributed by atoms with Crippen LogP contribution < -0.4 is 21.7 Å². The molecule has 77 heavy (non-hydrogen) atoms. The Morgan fingerprint density at radius 1 is 0.935 bits per heavy atom. The normalized spacial score (nSPS) is 32.2. The van der Waals surface area contributed by atoms with Crippen LogP contribution in [0.5, 0.6) is 0 Å². The van der Waals surface area contributed by atoms with Crippen molar-refractivity contribution in [1.29, 1.82) is 0 Å². The molecule has 7 fully saturated rings. The number of ketones is 2. The molecule has 10 rings (SSSR count). The fourth-order valence-corrected chi connectivity index (χ4v) is 14.5. The first-order valence-corrected chi connectivity index (χ1v) is 27.5. The van der Waals surface area contributed by atoms with Crippen LogP contribution in [0.2, 0.25) is 0 Å². The van der Waals surface area contributed by atoms with Crippen molar-refractivity contribution in [3.05, 3.63) is 89.0 Å². The maximum atomic E-state index is 14.4. The molecule has 0 aromatic heterocycles. The number of alkyl halides is 1. The number of amides is 5. The third kappa shape index (κ3) is 10.8. The Kier molecular flexibility index (Phi) is 15.7. The lowest BCUT2D eigenvalue weighted by atomic mass is 9.38. The maximum absolute atomic E-state index is 14.4. The predicted octanol–water partition coefficient (Wildman–Crippen LogP) is 4.86. The fraction of sp³-hybridized carbons (Fsp3) is 0.571. The zero-order valence-corrected chi connectivity index (χ0v) is 45.4. The third-order valence-corrected chi connectivity index (χ3v) is 18.4. The van der Waals surface area contributed by atoms with Crippen molar-refractivity contribution in [2.24, 2.45) is 39.7 Å². The summed E-state index contributed by atoms with van der Waals surface area (Å²) < 4.78 is 25.8. The average Bonchev–Trinajstić information content (AvgIpc) is 4.16. The van der Waals surface area contributed by atoms with Crippen LogP contribution in [0.1, 0.15) is 94.6 Å². The van der Waals surface area contributed by atoms with Gasteiger partial charge >= 0.3 is 18.2 Å². The Balaban J connectivity index is 0.826. The number of carbonyl (C=O) groups excluding carboxylic acids is 7. The van der Waals surface area contributed by atoms with E-state index in [4.69, 9.17) is 24.7 Å². The topological polar surface area (TPSA) is 283 Å². The first kappa shape index (κ1) is 55.7. The number of aliphatic carboxylic acids is 1. The molecule has 20 nitrogen and oxygen atoms in total. The summed E-state index contributed by atoms with van der Waals surface area (Å²) in [6.45, 7) is 2.94. The second kappa shape index (κ2) is 21.7. The van der Waals surface area contributed by atoms with Crippen molar-refractivity contribution in [3.8, 4) is 0 Å². The number of carboxylic acids is 1. The standard InChI is InChI=1S/C56H69BrN6O14/c1-52-18-17-37(65)21-35(52)11-14-38-39-22-43-56(42(66)27-64,77-49(76-43)34-9-5-32(6-10-34)23-54-29-55(58,30-54)31-54)53(39,2)24-41(47(38)52)75-51(73)63(4)20-19-62(3)50(72)74-28-33-7-12-36(13-8-33)60-48(71)40(15-16-46(69)70)61-45(68)26-59-44(67)25-57/h5-10,12-13,17-18,21,38-41,43,47,49,64H,11,14-16,19-20,22-31,58H2,1-4H3,(H,59,67)(H,60,71)(H,61,68)(H,69,70)/t38-,39-,40-,41-,43+,47+,49+,52-,53-,54?,55?,56+/m0/s1. The number of carboxylic acid groups (broad SMARTS) is 1. The van der Waals surface area contributed by atoms with Crippen LogP contribution in [0.3, 0.4) is 0 Å². The number of nitrogens with one attached hydrogen (secondary N) is 3. The minimum absolute atomic E-state index is 0.0181. The van der Waals surface area contributed by atoms with Crippen LogP contribution >= 0.6 is 15.9 Å². The number of likely N-dealkylation sites (N-methyl/N-ethyl adjacent to an activating group) is 2. The van der Waals surface area contributed by atoms with Gasteiger partial charge < -0.3 is 60.6 Å². The molecule has 2 aromatic carbocycles. The summed E-state index contributed by atoms with van der Waals surface area (Å²) in [4.78, 5) is 106. The van der Waals surface area contributed by atoms with Gasteiger partial charge in [0.1, 0.15) is 25.4 Å². The SMILES string of the molecule is CN(CCN(C)C(=O)O[C@H]1C[C@@]2(C)[C@@H](C[C@H]3O[C@@H](c4ccc(CC56CC(N)(C5)C6)cc4)O[C@]32C(=O)CO)[C@@H]2CCC3=CC(=O)C=C[C@]3(C)[C@H]21)C(=O)OCc1ccc(NC(=O)[C@H](CCC(=O)O)NC(=O)CNC(=O)CBr)cc1. The highest BCUT2D eigenvalue weighted by molar-refractivity contribution is 9.09. The Bertz CT molecular complexity index is 2730. The number of Topliss-reactive ketones (excluding diaryl/α,β-unsaturated/α-hetero) is 1. The largest absolute Gasteiger partial charge is 0.481 e. The van der Waals surface area contributed by atoms with Gasteiger partial charge in [-0.2, -0.15) is 0 Å². The van der Waals surface area contributed by atoms with Crippen LogP contribution in [0, 0.1) is 34.0 Å². The van der Waals surface area contributed by atoms with Gasteiger partial charge in [0.25, 0.3) is 0 Å². The van der Waals surface area contributed by atoms with E-state index in [2.05, 4.69) is 50.9 Å². The number of allylic oxidation sites excluding steroid dienone is 4. The van der Waals surface area contributed by atoms with Crippen LogP contribution in [0.4, 0.5) is 15.3 Å². The number of benzene rings is 2. The van der Waals surface area contributed by atoms with Gasteiger partial charge in [-0.3, -0.25) is 28.8 Å². The number of halogens is 1. The molecule has 0 radical (unpaired) electrons. The van der Waals surface area contributed by atoms with E-state index in [0.717, 1.165) is 36.8 Å². The van der Waals surface area contributed by atoms with Crippen LogP contribution in [0.15, 0.2) is 72.3 Å². The molecule has 414 valence electrons. The van der Waals surface area contributed by atoms with Gasteiger partial charge in [-0.25, -0.2) is 9.59 Å². The number of ether oxygens (including phenoxy) is 4. The lowest BCUT2D eigenvalue weighted by Crippen LogP contribution is -2.72. The molecule has 2 aromatic rings. The lowest BCUT2D eigenvalue weighted by molar-refractivity contribution is -0.201. The van der Waals surface area contributed by atoms with Gasteiger partial charge in [0, 0.05) is 67.1 Å². The smallest absolute Gasteiger partial charge is 0.409 e. The summed E-state index contributed by atoms with van der Waals surface area (Å²) in [5.41, 5.74) is 7.37. The molecule has 6 saturated carbocycles. The van der Waals surface area contributed by atoms with Gasteiger partial charge in [0.05, 0.1) is 18.0 Å². The van der Waals surface area contributed by atoms with Crippen molar-refractivity contribution in [3.63, 3.8) is 0 Å². The molecule has 0 unspecified atom stereocenters. The molecule has 2 bridgehead atoms. The summed E-state index contributed by atoms with van der Waals surface area (Å²) in [5.74, 6) is -4.00. The molecule has 5 amide bonds. The summed E-state index contributed by atoms with van der Waals surface area (Å²) >= 11 is 2.98. The van der Waals surface area contributed by atoms with E-state index < -0.39 is 102 Å². The van der Waals surface area contributed by atoms with Crippen LogP contribution in [-0.4, -0.2) is 143 Å². The molecule has 21 heteroatoms. The zero-order valence-electron chi connectivity index (χ0n) is 43.8. The zero-order chi connectivity index (χ0) is 55.2. The number of carbonyl (C=O) groups is 8. The highest BCUT2D eigenvalue weighted by atomic mass is 79.9. The number of rotatable bonds is 20. The number of fused-ring (bicyclic) bond motifs is 7. The minimum Gasteiger partial charge on any atom is -0.481 e. The van der Waals surface area contributed by atoms with E-state index in [1.807, 2.05) is 25.1 Å². The van der Waals surface area contributed by atoms with Crippen LogP contribution in [0.25, 0.3) is 0 Å². The van der Waals surface area contributed by atoms with Crippen molar-refractivity contribution in [2.45, 2.75) is 120 Å². The fourth-order valence-electron chi connectivity index (χ4n) is 14.3. The number of nitrogens with zero attached hydrogens (tertiary/aromatic N) is 2. The van der Waals surface area contributed by atoms with E-state index in [1.54, 1.807) is 43.5 Å². The molecule has 0 spiro atoms. The van der Waals surface area contributed by atoms with Gasteiger partial charge in [0.2, 0.25) is 17.7 Å². The maximum Gasteiger partial charge on any atom is 0.409 e. The molecule has 7 N–H and O–H groups in total. The lowest BCUT2D eigenvalue weighted by Gasteiger charge is -2.69. The number of aliphatic hydroxyl groups excluding tert-OH is 1. The summed E-state index contributed by atoms with van der Waals surface area (Å²) in [7, 11) is 3.10. The highest BCUT2D eigenvalue weighted by Crippen LogP contribution is 2.71. The quantitative estimate of drug-likeness (QED) is 0.0967. The first-order valence-electron chi connectivity index (χ1n) is 26.4. The van der Waals surface area contributed by atoms with E-state index >= 15 is 0 Å². The molecular formula is C56H69BrN6O14. The molecule has 1 saturated heterocycles. The first-order chi connectivity index (χ1) is 36.5. The van der Waals surface area contributed by atoms with Crippen molar-refractivity contribution >= 4 is 69.1 Å². The molecule has 8 aliphatic rings. The summed E-state index contributed by atoms with van der Waals surface area (Å²) in [6.07, 6.45) is 7.12. The van der Waals surface area contributed by atoms with Crippen LogP contribution in [-0.2, 0) is 60.7 Å². The molecular weight excluding hydrogens is 1060 g/mol. The minimum atomic E-state index is -1.54. The molecule has 10 atom stereocenters. The summed E-state index contributed by atoms with van der Waals surface area (Å²) in [6, 6.07) is 13.3. The number of anilines is 1. The second-order valence-electron chi connectivity index (χ2n) is 23.1. The van der Waals surface area contributed by atoms with Gasteiger partial charge in [-0.1, -0.05) is 77.8 Å². The third-order valence-electron chi connectivity index (χ3n) is 17.9. The highest BCUT2D eigenvalue weighted by Gasteiger charge is 2.76. The summed E-state index contributed by atoms with van der Waals surface area (Å²) in [5, 5.41) is 27.3. The van der Waals surface area contributed by atoms with E-state index in [-0.39, 0.29) is 72.4 Å². The van der Waals surface area contributed by atoms with Crippen molar-refractivity contribution in [1.82, 2.24) is 20.4 Å². The number of aliphatic hydroxyl groups is 1. The second-order valence-corrected chi connectivity index (χ2v) is 23.6. The Morgan fingerprint density at radius 2 is 1.61 bits per heavy atom. The van der Waals surface area contributed by atoms with Crippen molar-refractivity contribution < 1.29 is 67.5 Å². The van der Waals surface area contributed by atoms with E-state index in [0.29, 0.717) is 30.5 Å². The number of hydrogen-bond acceptors (Lipinski definition) is 14. The van der Waals surface area contributed by atoms with Gasteiger partial charge in [-0.05, 0) is 110 Å². The monoisotopic (exact) mass is 1130 g/mol. The van der Waals surface area contributed by atoms with Crippen molar-refractivity contribution in [2.75, 3.05) is 51.0 Å². The Hall–Kier alpha value is -6.00. The average molecular weight is 1130 g/mol. The van der Waals surface area contributed by atoms with E-state index in [9.17, 15) is 48.6 Å². The number of hydrogen-bond donors (Lipinski definition) is 6. The molecule has 1 heterocycles. The van der Waals surface area contributed by atoms with E-state index in [1.165, 1.54) is 22.4 Å². The predicted molar refractivity (Wildman–Crippen MR) is 281 cm³/mol. The Morgan fingerprint density at radius 3 is 2.26 bits per heavy atom. The molecule has 1 aliphatic heterocycles. The molecule has 7 aliphatic carbocycles. The Labute approximate surface area is 455 Å². The van der Waals surface area contributed by atoms with Gasteiger partial charge in [-0.15, -0.1) is 0 Å².